The first-order valence-corrected chi connectivity index (χ1v) is 8.72. The molecule has 8 heteroatoms. The fourth-order valence-electron chi connectivity index (χ4n) is 2.49. The Morgan fingerprint density at radius 3 is 2.70 bits per heavy atom. The van der Waals surface area contributed by atoms with E-state index in [0.29, 0.717) is 0 Å². The lowest BCUT2D eigenvalue weighted by molar-refractivity contribution is 0.0702. The second-order valence-corrected chi connectivity index (χ2v) is 7.62. The summed E-state index contributed by atoms with van der Waals surface area (Å²) in [6, 6.07) is 1.16. The fourth-order valence-corrected chi connectivity index (χ4v) is 4.70. The standard InChI is InChI=1S/C12H17NO5S2/c14-6-9-3-1-2-8(9)5-13-20(17,18)10-4-11(12(15)16)19-7-10/h4,7-9,13-14H,1-3,5-6H2,(H,15,16). The summed E-state index contributed by atoms with van der Waals surface area (Å²) in [7, 11) is -3.68. The molecule has 0 saturated heterocycles. The van der Waals surface area contributed by atoms with Gasteiger partial charge in [0.05, 0.1) is 4.90 Å². The summed E-state index contributed by atoms with van der Waals surface area (Å²) in [5.41, 5.74) is 0. The molecule has 1 aromatic heterocycles. The van der Waals surface area contributed by atoms with E-state index in [1.54, 1.807) is 0 Å². The Labute approximate surface area is 121 Å². The molecule has 2 unspecified atom stereocenters. The lowest BCUT2D eigenvalue weighted by Gasteiger charge is -2.17. The molecule has 20 heavy (non-hydrogen) atoms. The normalized spacial score (nSPS) is 23.1. The van der Waals surface area contributed by atoms with Gasteiger partial charge < -0.3 is 10.2 Å². The minimum absolute atomic E-state index is 0.000485. The van der Waals surface area contributed by atoms with Gasteiger partial charge in [-0.3, -0.25) is 0 Å². The van der Waals surface area contributed by atoms with E-state index in [1.165, 1.54) is 5.38 Å². The molecule has 6 nitrogen and oxygen atoms in total. The maximum atomic E-state index is 12.1. The Bertz CT molecular complexity index is 580. The van der Waals surface area contributed by atoms with Crippen LogP contribution in [0.15, 0.2) is 16.3 Å². The largest absolute Gasteiger partial charge is 0.477 e. The highest BCUT2D eigenvalue weighted by Crippen LogP contribution is 2.31. The highest BCUT2D eigenvalue weighted by atomic mass is 32.2. The van der Waals surface area contributed by atoms with Crippen LogP contribution >= 0.6 is 11.3 Å². The van der Waals surface area contributed by atoms with E-state index < -0.39 is 16.0 Å². The molecular formula is C12H17NO5S2. The third-order valence-corrected chi connectivity index (χ3v) is 6.15. The van der Waals surface area contributed by atoms with E-state index in [0.717, 1.165) is 36.7 Å². The molecule has 0 radical (unpaired) electrons. The molecule has 2 atom stereocenters. The lowest BCUT2D eigenvalue weighted by atomic mass is 9.97. The van der Waals surface area contributed by atoms with Gasteiger partial charge in [0.1, 0.15) is 4.88 Å². The number of hydrogen-bond acceptors (Lipinski definition) is 5. The zero-order valence-corrected chi connectivity index (χ0v) is 12.4. The molecule has 1 heterocycles. The number of carbonyl (C=O) groups is 1. The monoisotopic (exact) mass is 319 g/mol. The Hall–Kier alpha value is -0.960. The van der Waals surface area contributed by atoms with E-state index >= 15 is 0 Å². The van der Waals surface area contributed by atoms with Gasteiger partial charge in [-0.2, -0.15) is 0 Å². The molecule has 1 aliphatic rings. The molecule has 0 aromatic carbocycles. The Balaban J connectivity index is 2.01. The molecule has 0 amide bonds. The number of carboxylic acid groups (broad SMARTS) is 1. The molecule has 1 fully saturated rings. The summed E-state index contributed by atoms with van der Waals surface area (Å²) < 4.78 is 26.6. The predicted molar refractivity (Wildman–Crippen MR) is 74.4 cm³/mol. The van der Waals surface area contributed by atoms with Crippen LogP contribution in [0.3, 0.4) is 0 Å². The number of rotatable bonds is 6. The highest BCUT2D eigenvalue weighted by molar-refractivity contribution is 7.89. The number of carboxylic acids is 1. The lowest BCUT2D eigenvalue weighted by Crippen LogP contribution is -2.31. The summed E-state index contributed by atoms with van der Waals surface area (Å²) in [6.45, 7) is 0.361. The molecule has 0 bridgehead atoms. The second-order valence-electron chi connectivity index (χ2n) is 4.94. The van der Waals surface area contributed by atoms with Crippen LogP contribution in [0.25, 0.3) is 0 Å². The fraction of sp³-hybridized carbons (Fsp3) is 0.583. The number of hydrogen-bond donors (Lipinski definition) is 3. The van der Waals surface area contributed by atoms with Gasteiger partial charge in [0.2, 0.25) is 10.0 Å². The number of nitrogens with one attached hydrogen (secondary N) is 1. The first-order chi connectivity index (χ1) is 9.44. The Morgan fingerprint density at radius 2 is 2.10 bits per heavy atom. The van der Waals surface area contributed by atoms with Crippen LogP contribution in [0.1, 0.15) is 28.9 Å². The quantitative estimate of drug-likeness (QED) is 0.729. The van der Waals surface area contributed by atoms with E-state index in [1.807, 2.05) is 0 Å². The minimum atomic E-state index is -3.68. The van der Waals surface area contributed by atoms with Crippen molar-refractivity contribution in [3.63, 3.8) is 0 Å². The first-order valence-electron chi connectivity index (χ1n) is 6.36. The molecule has 1 aliphatic carbocycles. The smallest absolute Gasteiger partial charge is 0.345 e. The summed E-state index contributed by atoms with van der Waals surface area (Å²) >= 11 is 0.889. The molecule has 0 aliphatic heterocycles. The van der Waals surface area contributed by atoms with E-state index in [2.05, 4.69) is 4.72 Å². The zero-order valence-electron chi connectivity index (χ0n) is 10.8. The third kappa shape index (κ3) is 3.38. The SMILES string of the molecule is O=C(O)c1cc(S(=O)(=O)NCC2CCCC2CO)cs1. The molecular weight excluding hydrogens is 302 g/mol. The van der Waals surface area contributed by atoms with Crippen molar-refractivity contribution in [2.24, 2.45) is 11.8 Å². The average molecular weight is 319 g/mol. The molecule has 2 rings (SSSR count). The van der Waals surface area contributed by atoms with E-state index in [9.17, 15) is 18.3 Å². The van der Waals surface area contributed by atoms with Crippen LogP contribution in [0.5, 0.6) is 0 Å². The van der Waals surface area contributed by atoms with Crippen molar-refractivity contribution in [3.05, 3.63) is 16.3 Å². The van der Waals surface area contributed by atoms with Crippen LogP contribution in [-0.2, 0) is 10.0 Å². The van der Waals surface area contributed by atoms with Crippen molar-refractivity contribution in [2.45, 2.75) is 24.2 Å². The van der Waals surface area contributed by atoms with Crippen molar-refractivity contribution in [1.82, 2.24) is 4.72 Å². The number of aromatic carboxylic acids is 1. The van der Waals surface area contributed by atoms with Crippen molar-refractivity contribution >= 4 is 27.3 Å². The molecule has 1 saturated carbocycles. The van der Waals surface area contributed by atoms with Crippen LogP contribution in [-0.4, -0.2) is 37.8 Å². The van der Waals surface area contributed by atoms with E-state index in [-0.39, 0.29) is 34.8 Å². The Kier molecular flexibility index (Phi) is 4.79. The van der Waals surface area contributed by atoms with Crippen LogP contribution in [0.4, 0.5) is 0 Å². The summed E-state index contributed by atoms with van der Waals surface area (Å²) in [4.78, 5) is 10.7. The summed E-state index contributed by atoms with van der Waals surface area (Å²) in [5, 5.41) is 19.3. The number of thiophene rings is 1. The van der Waals surface area contributed by atoms with Gasteiger partial charge in [0, 0.05) is 18.5 Å². The van der Waals surface area contributed by atoms with Crippen LogP contribution < -0.4 is 4.72 Å². The molecule has 3 N–H and O–H groups in total. The maximum Gasteiger partial charge on any atom is 0.345 e. The van der Waals surface area contributed by atoms with Crippen molar-refractivity contribution in [1.29, 1.82) is 0 Å². The zero-order chi connectivity index (χ0) is 14.8. The summed E-state index contributed by atoms with van der Waals surface area (Å²) in [6.07, 6.45) is 2.82. The topological polar surface area (TPSA) is 104 Å². The minimum Gasteiger partial charge on any atom is -0.477 e. The number of sulfonamides is 1. The van der Waals surface area contributed by atoms with Crippen molar-refractivity contribution in [2.75, 3.05) is 13.2 Å². The molecule has 0 spiro atoms. The van der Waals surface area contributed by atoms with Crippen molar-refractivity contribution < 1.29 is 23.4 Å². The van der Waals surface area contributed by atoms with Gasteiger partial charge in [0.25, 0.3) is 0 Å². The van der Waals surface area contributed by atoms with Crippen LogP contribution in [0.2, 0.25) is 0 Å². The number of aliphatic hydroxyl groups excluding tert-OH is 1. The molecule has 112 valence electrons. The van der Waals surface area contributed by atoms with Gasteiger partial charge in [0.15, 0.2) is 0 Å². The van der Waals surface area contributed by atoms with Crippen molar-refractivity contribution in [3.8, 4) is 0 Å². The highest BCUT2D eigenvalue weighted by Gasteiger charge is 2.28. The van der Waals surface area contributed by atoms with Gasteiger partial charge in [-0.25, -0.2) is 17.9 Å². The van der Waals surface area contributed by atoms with Gasteiger partial charge in [-0.1, -0.05) is 6.42 Å². The first kappa shape index (κ1) is 15.4. The second kappa shape index (κ2) is 6.21. The van der Waals surface area contributed by atoms with Crippen LogP contribution in [0, 0.1) is 11.8 Å². The van der Waals surface area contributed by atoms with E-state index in [4.69, 9.17) is 5.11 Å². The summed E-state index contributed by atoms with van der Waals surface area (Å²) in [5.74, 6) is -0.838. The number of aliphatic hydroxyl groups is 1. The maximum absolute atomic E-state index is 12.1. The van der Waals surface area contributed by atoms with Gasteiger partial charge in [-0.05, 0) is 30.7 Å². The Morgan fingerprint density at radius 1 is 1.40 bits per heavy atom. The average Bonchev–Trinajstić information content (AvgIpc) is 3.05. The third-order valence-electron chi connectivity index (χ3n) is 3.68. The molecule has 1 aromatic rings. The van der Waals surface area contributed by atoms with Gasteiger partial charge in [-0.15, -0.1) is 11.3 Å². The van der Waals surface area contributed by atoms with Gasteiger partial charge >= 0.3 is 5.97 Å². The predicted octanol–water partition coefficient (Wildman–Crippen LogP) is 1.13.